The summed E-state index contributed by atoms with van der Waals surface area (Å²) in [7, 11) is -1.60. The molecule has 0 aliphatic rings. The number of benzene rings is 2. The van der Waals surface area contributed by atoms with E-state index in [1.54, 1.807) is 0 Å². The van der Waals surface area contributed by atoms with Gasteiger partial charge in [-0.2, -0.15) is 13.2 Å². The van der Waals surface area contributed by atoms with Crippen LogP contribution in [-0.4, -0.2) is 15.9 Å². The molecule has 2 aromatic carbocycles. The number of hydrogen-bond donors (Lipinski definition) is 1. The number of alkyl halides is 3. The van der Waals surface area contributed by atoms with E-state index >= 15 is 0 Å². The van der Waals surface area contributed by atoms with Crippen molar-refractivity contribution in [3.63, 3.8) is 0 Å². The molecule has 25 heavy (non-hydrogen) atoms. The highest BCUT2D eigenvalue weighted by molar-refractivity contribution is 7.84. The summed E-state index contributed by atoms with van der Waals surface area (Å²) in [5.41, 5.74) is 1.94. The van der Waals surface area contributed by atoms with E-state index in [0.29, 0.717) is 5.69 Å². The number of para-hydroxylation sites is 1. The van der Waals surface area contributed by atoms with Crippen LogP contribution in [0.3, 0.4) is 0 Å². The van der Waals surface area contributed by atoms with Gasteiger partial charge >= 0.3 is 6.18 Å². The molecule has 1 amide bonds. The Hall–Kier alpha value is -2.15. The highest BCUT2D eigenvalue weighted by Crippen LogP contribution is 2.29. The number of nitrogens with one attached hydrogen (secondary N) is 1. The van der Waals surface area contributed by atoms with Gasteiger partial charge in [0.25, 0.3) is 0 Å². The first-order valence-corrected chi connectivity index (χ1v) is 9.03. The van der Waals surface area contributed by atoms with Gasteiger partial charge in [0.15, 0.2) is 0 Å². The molecule has 0 aromatic heterocycles. The third-order valence-electron chi connectivity index (χ3n) is 3.62. The van der Waals surface area contributed by atoms with Crippen LogP contribution in [0.2, 0.25) is 0 Å². The quantitative estimate of drug-likeness (QED) is 0.858. The molecule has 0 fully saturated rings. The van der Waals surface area contributed by atoms with Gasteiger partial charge in [-0.1, -0.05) is 36.4 Å². The van der Waals surface area contributed by atoms with Crippen LogP contribution in [0.4, 0.5) is 18.9 Å². The van der Waals surface area contributed by atoms with Gasteiger partial charge < -0.3 is 5.32 Å². The van der Waals surface area contributed by atoms with E-state index in [9.17, 15) is 22.2 Å². The van der Waals surface area contributed by atoms with E-state index in [4.69, 9.17) is 0 Å². The number of hydrogen-bond acceptors (Lipinski definition) is 2. The predicted molar refractivity (Wildman–Crippen MR) is 92.7 cm³/mol. The van der Waals surface area contributed by atoms with Gasteiger partial charge in [-0.3, -0.25) is 9.00 Å². The summed E-state index contributed by atoms with van der Waals surface area (Å²) in [6, 6.07) is 10.2. The molecule has 0 radical (unpaired) electrons. The van der Waals surface area contributed by atoms with Crippen LogP contribution in [0.1, 0.15) is 22.3 Å². The van der Waals surface area contributed by atoms with E-state index in [2.05, 4.69) is 5.32 Å². The smallest absolute Gasteiger partial charge is 0.325 e. The molecule has 2 rings (SSSR count). The van der Waals surface area contributed by atoms with Crippen molar-refractivity contribution in [1.29, 1.82) is 0 Å². The minimum Gasteiger partial charge on any atom is -0.325 e. The van der Waals surface area contributed by atoms with Crippen molar-refractivity contribution >= 4 is 22.4 Å². The fourth-order valence-corrected chi connectivity index (χ4v) is 3.43. The lowest BCUT2D eigenvalue weighted by molar-refractivity contribution is -0.137. The standard InChI is InChI=1S/C18H18F3NO2S/c1-12-5-3-6-13(2)17(12)22-16(23)11-25(24)10-14-7-4-8-15(9-14)18(19,20)21/h3-9H,10-11H2,1-2H3,(H,22,23)/t25-/m0/s1. The molecule has 134 valence electrons. The molecule has 0 heterocycles. The third-order valence-corrected chi connectivity index (χ3v) is 4.86. The van der Waals surface area contributed by atoms with Crippen LogP contribution < -0.4 is 5.32 Å². The summed E-state index contributed by atoms with van der Waals surface area (Å²) >= 11 is 0. The second-order valence-electron chi connectivity index (χ2n) is 5.74. The van der Waals surface area contributed by atoms with E-state index in [-0.39, 0.29) is 17.1 Å². The van der Waals surface area contributed by atoms with Crippen LogP contribution in [0.15, 0.2) is 42.5 Å². The average Bonchev–Trinajstić information content (AvgIpc) is 2.50. The van der Waals surface area contributed by atoms with Crippen molar-refractivity contribution in [2.75, 3.05) is 11.1 Å². The van der Waals surface area contributed by atoms with Crippen LogP contribution in [0.5, 0.6) is 0 Å². The first-order valence-electron chi connectivity index (χ1n) is 7.54. The largest absolute Gasteiger partial charge is 0.416 e. The van der Waals surface area contributed by atoms with Crippen LogP contribution in [0, 0.1) is 13.8 Å². The fourth-order valence-electron chi connectivity index (χ4n) is 2.41. The van der Waals surface area contributed by atoms with E-state index < -0.39 is 28.4 Å². The fraction of sp³-hybridized carbons (Fsp3) is 0.278. The molecule has 0 spiro atoms. The normalized spacial score (nSPS) is 12.7. The monoisotopic (exact) mass is 369 g/mol. The number of aryl methyl sites for hydroxylation is 2. The van der Waals surface area contributed by atoms with E-state index in [1.807, 2.05) is 32.0 Å². The minimum absolute atomic E-state index is 0.107. The molecule has 0 unspecified atom stereocenters. The van der Waals surface area contributed by atoms with Gasteiger partial charge in [-0.15, -0.1) is 0 Å². The van der Waals surface area contributed by atoms with Gasteiger partial charge in [0.1, 0.15) is 5.75 Å². The average molecular weight is 369 g/mol. The van der Waals surface area contributed by atoms with Crippen molar-refractivity contribution in [3.8, 4) is 0 Å². The van der Waals surface area contributed by atoms with Gasteiger partial charge in [-0.25, -0.2) is 0 Å². The lowest BCUT2D eigenvalue weighted by atomic mass is 10.1. The van der Waals surface area contributed by atoms with Gasteiger partial charge in [0, 0.05) is 22.2 Å². The molecule has 7 heteroatoms. The summed E-state index contributed by atoms with van der Waals surface area (Å²) in [4.78, 5) is 12.1. The second kappa shape index (κ2) is 7.82. The molecule has 3 nitrogen and oxygen atoms in total. The maximum absolute atomic E-state index is 12.7. The minimum atomic E-state index is -4.45. The number of carbonyl (C=O) groups is 1. The topological polar surface area (TPSA) is 46.2 Å². The molecule has 1 N–H and O–H groups in total. The first-order chi connectivity index (χ1) is 11.7. The first kappa shape index (κ1) is 19.2. The van der Waals surface area contributed by atoms with Crippen LogP contribution in [0.25, 0.3) is 0 Å². The van der Waals surface area contributed by atoms with Crippen molar-refractivity contribution in [3.05, 3.63) is 64.7 Å². The van der Waals surface area contributed by atoms with Gasteiger partial charge in [0.05, 0.1) is 5.56 Å². The van der Waals surface area contributed by atoms with Gasteiger partial charge in [-0.05, 0) is 36.6 Å². The molecule has 1 atom stereocenters. The van der Waals surface area contributed by atoms with Gasteiger partial charge in [0.2, 0.25) is 5.91 Å². The number of halogens is 3. The van der Waals surface area contributed by atoms with Crippen molar-refractivity contribution < 1.29 is 22.2 Å². The predicted octanol–water partition coefficient (Wildman–Crippen LogP) is 4.21. The van der Waals surface area contributed by atoms with Crippen molar-refractivity contribution in [2.45, 2.75) is 25.8 Å². The Bertz CT molecular complexity index is 783. The molecular formula is C18H18F3NO2S. The summed E-state index contributed by atoms with van der Waals surface area (Å²) < 4.78 is 50.2. The van der Waals surface area contributed by atoms with Crippen molar-refractivity contribution in [2.24, 2.45) is 0 Å². The number of rotatable bonds is 5. The number of amides is 1. The Kier molecular flexibility index (Phi) is 6.00. The maximum Gasteiger partial charge on any atom is 0.416 e. The zero-order chi connectivity index (χ0) is 18.6. The Balaban J connectivity index is 2.00. The van der Waals surface area contributed by atoms with Crippen molar-refractivity contribution in [1.82, 2.24) is 0 Å². The molecule has 0 saturated carbocycles. The summed E-state index contributed by atoms with van der Waals surface area (Å²) in [5, 5.41) is 2.72. The molecular weight excluding hydrogens is 351 g/mol. The summed E-state index contributed by atoms with van der Waals surface area (Å²) in [5.74, 6) is -0.809. The summed E-state index contributed by atoms with van der Waals surface area (Å²) in [6.07, 6.45) is -4.45. The Morgan fingerprint density at radius 1 is 1.08 bits per heavy atom. The Morgan fingerprint density at radius 2 is 1.68 bits per heavy atom. The van der Waals surface area contributed by atoms with E-state index in [1.165, 1.54) is 12.1 Å². The Morgan fingerprint density at radius 3 is 2.28 bits per heavy atom. The maximum atomic E-state index is 12.7. The zero-order valence-corrected chi connectivity index (χ0v) is 14.6. The Labute approximate surface area is 146 Å². The zero-order valence-electron chi connectivity index (χ0n) is 13.8. The van der Waals surface area contributed by atoms with E-state index in [0.717, 1.165) is 23.3 Å². The number of carbonyl (C=O) groups excluding carboxylic acids is 1. The molecule has 0 bridgehead atoms. The lowest BCUT2D eigenvalue weighted by Crippen LogP contribution is -2.21. The summed E-state index contributed by atoms with van der Waals surface area (Å²) in [6.45, 7) is 3.70. The molecule has 0 aliphatic heterocycles. The third kappa shape index (κ3) is 5.42. The highest BCUT2D eigenvalue weighted by atomic mass is 32.2. The second-order valence-corrected chi connectivity index (χ2v) is 7.20. The SMILES string of the molecule is Cc1cccc(C)c1NC(=O)C[S@@](=O)Cc1cccc(C(F)(F)F)c1. The van der Waals surface area contributed by atoms with Crippen LogP contribution in [-0.2, 0) is 27.5 Å². The van der Waals surface area contributed by atoms with Crippen LogP contribution >= 0.6 is 0 Å². The highest BCUT2D eigenvalue weighted by Gasteiger charge is 2.30. The number of anilines is 1. The molecule has 0 aliphatic carbocycles. The lowest BCUT2D eigenvalue weighted by Gasteiger charge is -2.12. The molecule has 2 aromatic rings. The molecule has 0 saturated heterocycles.